The highest BCUT2D eigenvalue weighted by atomic mass is 16.5. The second-order valence-corrected chi connectivity index (χ2v) is 4.58. The van der Waals surface area contributed by atoms with Crippen LogP contribution in [0.15, 0.2) is 24.3 Å². The SMILES string of the molecule is CCOc1cccc(C(NN)C(CC)(CC)OC)c1. The third-order valence-corrected chi connectivity index (χ3v) is 3.80. The van der Waals surface area contributed by atoms with E-state index in [2.05, 4.69) is 19.3 Å². The van der Waals surface area contributed by atoms with Gasteiger partial charge in [-0.25, -0.2) is 0 Å². The molecule has 3 N–H and O–H groups in total. The molecule has 0 saturated carbocycles. The molecule has 0 spiro atoms. The van der Waals surface area contributed by atoms with E-state index < -0.39 is 0 Å². The Bertz CT molecular complexity index is 370. The maximum Gasteiger partial charge on any atom is 0.119 e. The highest BCUT2D eigenvalue weighted by Gasteiger charge is 2.36. The van der Waals surface area contributed by atoms with Crippen LogP contribution in [-0.4, -0.2) is 19.3 Å². The molecule has 0 bridgehead atoms. The lowest BCUT2D eigenvalue weighted by atomic mass is 9.84. The standard InChI is InChI=1S/C15H26N2O2/c1-5-15(6-2,18-4)14(17-16)12-9-8-10-13(11-12)19-7-3/h8-11,14,17H,5-7,16H2,1-4H3. The van der Waals surface area contributed by atoms with E-state index in [1.165, 1.54) is 0 Å². The first-order valence-electron chi connectivity index (χ1n) is 6.91. The number of hydrogen-bond acceptors (Lipinski definition) is 4. The third-order valence-electron chi connectivity index (χ3n) is 3.80. The molecule has 4 nitrogen and oxygen atoms in total. The fraction of sp³-hybridized carbons (Fsp3) is 0.600. The van der Waals surface area contributed by atoms with Gasteiger partial charge in [0.1, 0.15) is 5.75 Å². The molecule has 0 radical (unpaired) electrons. The fourth-order valence-corrected chi connectivity index (χ4v) is 2.57. The molecule has 4 heteroatoms. The predicted molar refractivity (Wildman–Crippen MR) is 78.0 cm³/mol. The molecular formula is C15H26N2O2. The van der Waals surface area contributed by atoms with Crippen molar-refractivity contribution in [1.82, 2.24) is 5.43 Å². The Morgan fingerprint density at radius 2 is 1.95 bits per heavy atom. The Labute approximate surface area is 116 Å². The van der Waals surface area contributed by atoms with Gasteiger partial charge in [0.25, 0.3) is 0 Å². The summed E-state index contributed by atoms with van der Waals surface area (Å²) in [7, 11) is 1.74. The van der Waals surface area contributed by atoms with E-state index in [1.54, 1.807) is 7.11 Å². The Hall–Kier alpha value is -1.10. The molecule has 0 aliphatic carbocycles. The van der Waals surface area contributed by atoms with E-state index in [1.807, 2.05) is 31.2 Å². The number of nitrogens with one attached hydrogen (secondary N) is 1. The summed E-state index contributed by atoms with van der Waals surface area (Å²) in [6, 6.07) is 7.94. The van der Waals surface area contributed by atoms with Crippen molar-refractivity contribution in [2.45, 2.75) is 45.3 Å². The summed E-state index contributed by atoms with van der Waals surface area (Å²) < 4.78 is 11.3. The normalized spacial score (nSPS) is 13.3. The number of methoxy groups -OCH3 is 1. The summed E-state index contributed by atoms with van der Waals surface area (Å²) in [5.74, 6) is 6.63. The van der Waals surface area contributed by atoms with E-state index in [-0.39, 0.29) is 11.6 Å². The van der Waals surface area contributed by atoms with Crippen molar-refractivity contribution in [1.29, 1.82) is 0 Å². The van der Waals surface area contributed by atoms with Crippen LogP contribution < -0.4 is 16.0 Å². The topological polar surface area (TPSA) is 56.5 Å². The molecule has 0 aromatic heterocycles. The van der Waals surface area contributed by atoms with Crippen molar-refractivity contribution in [3.8, 4) is 5.75 Å². The zero-order chi connectivity index (χ0) is 14.3. The van der Waals surface area contributed by atoms with Crippen LogP contribution in [-0.2, 0) is 4.74 Å². The van der Waals surface area contributed by atoms with Crippen LogP contribution in [0.4, 0.5) is 0 Å². The van der Waals surface area contributed by atoms with E-state index >= 15 is 0 Å². The molecule has 1 rings (SSSR count). The van der Waals surface area contributed by atoms with Gasteiger partial charge in [0.2, 0.25) is 0 Å². The van der Waals surface area contributed by atoms with Gasteiger partial charge >= 0.3 is 0 Å². The molecule has 1 atom stereocenters. The summed E-state index contributed by atoms with van der Waals surface area (Å²) >= 11 is 0. The quantitative estimate of drug-likeness (QED) is 0.561. The Morgan fingerprint density at radius 1 is 1.26 bits per heavy atom. The lowest BCUT2D eigenvalue weighted by Gasteiger charge is -2.38. The molecule has 0 amide bonds. The average molecular weight is 266 g/mol. The van der Waals surface area contributed by atoms with E-state index in [0.29, 0.717) is 6.61 Å². The molecular weight excluding hydrogens is 240 g/mol. The fourth-order valence-electron chi connectivity index (χ4n) is 2.57. The highest BCUT2D eigenvalue weighted by molar-refractivity contribution is 5.32. The zero-order valence-corrected chi connectivity index (χ0v) is 12.4. The van der Waals surface area contributed by atoms with E-state index in [9.17, 15) is 0 Å². The van der Waals surface area contributed by atoms with Crippen LogP contribution in [0.1, 0.15) is 45.2 Å². The minimum Gasteiger partial charge on any atom is -0.494 e. The molecule has 0 heterocycles. The Balaban J connectivity index is 3.11. The predicted octanol–water partition coefficient (Wildman–Crippen LogP) is 2.79. The molecule has 1 aromatic rings. The lowest BCUT2D eigenvalue weighted by Crippen LogP contribution is -2.47. The number of hydrazine groups is 1. The van der Waals surface area contributed by atoms with Crippen molar-refractivity contribution in [2.75, 3.05) is 13.7 Å². The summed E-state index contributed by atoms with van der Waals surface area (Å²) in [5, 5.41) is 0. The van der Waals surface area contributed by atoms with Crippen molar-refractivity contribution < 1.29 is 9.47 Å². The molecule has 0 saturated heterocycles. The summed E-state index contributed by atoms with van der Waals surface area (Å²) in [6.45, 7) is 6.86. The second-order valence-electron chi connectivity index (χ2n) is 4.58. The van der Waals surface area contributed by atoms with Gasteiger partial charge in [0.15, 0.2) is 0 Å². The highest BCUT2D eigenvalue weighted by Crippen LogP contribution is 2.35. The maximum atomic E-state index is 5.77. The summed E-state index contributed by atoms with van der Waals surface area (Å²) in [5.41, 5.74) is 3.68. The second kappa shape index (κ2) is 7.48. The van der Waals surface area contributed by atoms with Crippen LogP contribution >= 0.6 is 0 Å². The first kappa shape index (κ1) is 16.0. The van der Waals surface area contributed by atoms with Crippen LogP contribution in [0.25, 0.3) is 0 Å². The monoisotopic (exact) mass is 266 g/mol. The molecule has 108 valence electrons. The first-order valence-corrected chi connectivity index (χ1v) is 6.91. The Morgan fingerprint density at radius 3 is 2.42 bits per heavy atom. The first-order chi connectivity index (χ1) is 9.17. The third kappa shape index (κ3) is 3.47. The average Bonchev–Trinajstić information content (AvgIpc) is 2.45. The van der Waals surface area contributed by atoms with Gasteiger partial charge in [-0.05, 0) is 37.5 Å². The van der Waals surface area contributed by atoms with Crippen molar-refractivity contribution in [2.24, 2.45) is 5.84 Å². The van der Waals surface area contributed by atoms with Gasteiger partial charge in [0.05, 0.1) is 18.2 Å². The van der Waals surface area contributed by atoms with Gasteiger partial charge < -0.3 is 9.47 Å². The number of nitrogens with two attached hydrogens (primary N) is 1. The smallest absolute Gasteiger partial charge is 0.119 e. The molecule has 0 fully saturated rings. The van der Waals surface area contributed by atoms with Crippen LogP contribution in [0.2, 0.25) is 0 Å². The lowest BCUT2D eigenvalue weighted by molar-refractivity contribution is -0.0487. The van der Waals surface area contributed by atoms with Crippen LogP contribution in [0, 0.1) is 0 Å². The van der Waals surface area contributed by atoms with Gasteiger partial charge in [-0.3, -0.25) is 11.3 Å². The van der Waals surface area contributed by atoms with Crippen molar-refractivity contribution in [3.05, 3.63) is 29.8 Å². The van der Waals surface area contributed by atoms with Crippen molar-refractivity contribution in [3.63, 3.8) is 0 Å². The largest absolute Gasteiger partial charge is 0.494 e. The molecule has 19 heavy (non-hydrogen) atoms. The minimum absolute atomic E-state index is 0.0621. The Kier molecular flexibility index (Phi) is 6.28. The number of benzene rings is 1. The van der Waals surface area contributed by atoms with Gasteiger partial charge in [-0.1, -0.05) is 26.0 Å². The summed E-state index contributed by atoms with van der Waals surface area (Å²) in [4.78, 5) is 0. The van der Waals surface area contributed by atoms with Gasteiger partial charge in [-0.15, -0.1) is 0 Å². The summed E-state index contributed by atoms with van der Waals surface area (Å²) in [6.07, 6.45) is 1.77. The molecule has 1 aromatic carbocycles. The van der Waals surface area contributed by atoms with Crippen LogP contribution in [0.3, 0.4) is 0 Å². The van der Waals surface area contributed by atoms with E-state index in [4.69, 9.17) is 15.3 Å². The minimum atomic E-state index is -0.306. The van der Waals surface area contributed by atoms with E-state index in [0.717, 1.165) is 24.2 Å². The molecule has 1 unspecified atom stereocenters. The zero-order valence-electron chi connectivity index (χ0n) is 12.4. The van der Waals surface area contributed by atoms with Crippen LogP contribution in [0.5, 0.6) is 5.75 Å². The molecule has 0 aliphatic heterocycles. The van der Waals surface area contributed by atoms with Gasteiger partial charge in [0, 0.05) is 7.11 Å². The van der Waals surface area contributed by atoms with Gasteiger partial charge in [-0.2, -0.15) is 0 Å². The molecule has 0 aliphatic rings. The number of hydrogen-bond donors (Lipinski definition) is 2. The van der Waals surface area contributed by atoms with Crippen molar-refractivity contribution >= 4 is 0 Å². The number of rotatable bonds is 8. The maximum absolute atomic E-state index is 5.77. The number of ether oxygens (including phenoxy) is 2.